The second kappa shape index (κ2) is 38.6. The van der Waals surface area contributed by atoms with Crippen LogP contribution in [-0.2, 0) is 38.5 Å². The first-order chi connectivity index (χ1) is 58.0. The van der Waals surface area contributed by atoms with E-state index in [-0.39, 0.29) is 0 Å². The van der Waals surface area contributed by atoms with E-state index in [2.05, 4.69) is 305 Å². The van der Waals surface area contributed by atoms with E-state index >= 15 is 0 Å². The van der Waals surface area contributed by atoms with E-state index in [1.165, 1.54) is 122 Å². The van der Waals surface area contributed by atoms with Crippen molar-refractivity contribution in [3.05, 3.63) is 475 Å². The van der Waals surface area contributed by atoms with Crippen LogP contribution in [0.2, 0.25) is 0 Å². The van der Waals surface area contributed by atoms with Crippen molar-refractivity contribution in [2.45, 2.75) is 66.2 Å². The lowest BCUT2D eigenvalue weighted by atomic mass is 10.0. The van der Waals surface area contributed by atoms with Gasteiger partial charge in [-0.15, -0.1) is 10.2 Å². The number of aryl methyl sites for hydroxylation is 4. The van der Waals surface area contributed by atoms with Gasteiger partial charge in [-0.1, -0.05) is 326 Å². The number of hydrogen-bond acceptors (Lipinski definition) is 10. The highest BCUT2D eigenvalue weighted by molar-refractivity contribution is 5.98. The fraction of sp³-hybridized carbons (Fsp3) is 0.111. The molecule has 6 aliphatic carbocycles. The van der Waals surface area contributed by atoms with E-state index in [4.69, 9.17) is 9.47 Å². The Labute approximate surface area is 693 Å². The fourth-order valence-corrected chi connectivity index (χ4v) is 14.8. The van der Waals surface area contributed by atoms with E-state index in [1.807, 2.05) is 140 Å². The number of rotatable bonds is 14. The molecule has 0 fully saturated rings. The first-order valence-electron chi connectivity index (χ1n) is 40.1. The van der Waals surface area contributed by atoms with Crippen LogP contribution in [0.4, 0.5) is 22.7 Å². The van der Waals surface area contributed by atoms with Gasteiger partial charge in [0.05, 0.1) is 59.8 Å². The third kappa shape index (κ3) is 20.2. The third-order valence-electron chi connectivity index (χ3n) is 21.4. The second-order valence-corrected chi connectivity index (χ2v) is 29.6. The summed E-state index contributed by atoms with van der Waals surface area (Å²) in [6, 6.07) is 120. The summed E-state index contributed by atoms with van der Waals surface area (Å²) >= 11 is 0. The number of nitrogens with zero attached hydrogens (tertiary/aromatic N) is 8. The van der Waals surface area contributed by atoms with Crippen molar-refractivity contribution in [2.75, 3.05) is 14.2 Å². The number of ether oxygens (including phenoxy) is 2. The smallest absolute Gasteiger partial charge is 0.119 e. The van der Waals surface area contributed by atoms with E-state index in [0.717, 1.165) is 107 Å². The average Bonchev–Trinajstić information content (AvgIpc) is 1.27. The van der Waals surface area contributed by atoms with Crippen LogP contribution in [0.15, 0.2) is 405 Å². The van der Waals surface area contributed by atoms with Gasteiger partial charge in [0.25, 0.3) is 0 Å². The molecule has 6 aliphatic rings. The maximum Gasteiger partial charge on any atom is 0.119 e. The summed E-state index contributed by atoms with van der Waals surface area (Å²) in [7, 11) is 3.33. The maximum atomic E-state index is 5.28. The van der Waals surface area contributed by atoms with Gasteiger partial charge in [0.15, 0.2) is 0 Å². The minimum absolute atomic E-state index is 0.793. The molecule has 0 aromatic heterocycles. The molecule has 0 heterocycles. The molecule has 0 saturated heterocycles. The normalized spacial score (nSPS) is 13.5. The zero-order valence-corrected chi connectivity index (χ0v) is 67.4. The van der Waals surface area contributed by atoms with Gasteiger partial charge in [-0.2, -0.15) is 30.7 Å². The Morgan fingerprint density at radius 1 is 0.229 bits per heavy atom. The highest BCUT2D eigenvalue weighted by Gasteiger charge is 2.25. The Hall–Kier alpha value is -14.5. The van der Waals surface area contributed by atoms with Gasteiger partial charge in [0.2, 0.25) is 0 Å². The molecule has 118 heavy (non-hydrogen) atoms. The molecule has 576 valence electrons. The van der Waals surface area contributed by atoms with Crippen LogP contribution in [0.3, 0.4) is 0 Å². The molecule has 14 aromatic carbocycles. The summed E-state index contributed by atoms with van der Waals surface area (Å²) < 4.78 is 10.5. The summed E-state index contributed by atoms with van der Waals surface area (Å²) in [5.41, 5.74) is 38.4. The maximum absolute atomic E-state index is 5.28. The first kappa shape index (κ1) is 78.8. The SMILES string of the molecule is C1=C(N=Nc2ccccc2)c2ccccc2C1.COc1ccc(N=NC2=C(c3ccc(OC)cc3)Cc3ccccc32)cc1.Cc1ccc(C2=C(N=Nc3ccccc3)c3ccccc3C2)cc1.Cc1ccc(C2=Cc3ccccc3C2)cc1.Cc1ccc(C2=Cc3ccccc3C2)cc1.Cc1ccc(N=NC2=CCc3ccccc32)cc1. The van der Waals surface area contributed by atoms with Gasteiger partial charge < -0.3 is 9.47 Å². The average molecular weight is 1530 g/mol. The third-order valence-corrected chi connectivity index (χ3v) is 21.4. The second-order valence-electron chi connectivity index (χ2n) is 29.6. The quantitative estimate of drug-likeness (QED) is 0.101. The molecule has 0 radical (unpaired) electrons. The lowest BCUT2D eigenvalue weighted by Gasteiger charge is -2.06. The van der Waals surface area contributed by atoms with Crippen molar-refractivity contribution < 1.29 is 9.47 Å². The Morgan fingerprint density at radius 3 is 0.898 bits per heavy atom. The Morgan fingerprint density at radius 2 is 0.517 bits per heavy atom. The molecular formula is C108H92N8O2. The molecule has 20 rings (SSSR count). The summed E-state index contributed by atoms with van der Waals surface area (Å²) in [4.78, 5) is 0. The molecule has 0 bridgehead atoms. The zero-order chi connectivity index (χ0) is 80.8. The molecule has 0 N–H and O–H groups in total. The summed E-state index contributed by atoms with van der Waals surface area (Å²) in [5, 5.41) is 35.3. The molecule has 0 amide bonds. The Balaban J connectivity index is 0.000000112. The minimum atomic E-state index is 0.793. The van der Waals surface area contributed by atoms with Crippen LogP contribution < -0.4 is 9.47 Å². The first-order valence-corrected chi connectivity index (χ1v) is 40.1. The number of azo groups is 4. The van der Waals surface area contributed by atoms with Crippen LogP contribution in [0.5, 0.6) is 11.5 Å². The summed E-state index contributed by atoms with van der Waals surface area (Å²) in [6.07, 6.45) is 14.7. The van der Waals surface area contributed by atoms with E-state index < -0.39 is 0 Å². The van der Waals surface area contributed by atoms with Gasteiger partial charge in [-0.05, 0) is 215 Å². The molecule has 0 aliphatic heterocycles. The van der Waals surface area contributed by atoms with Crippen LogP contribution >= 0.6 is 0 Å². The van der Waals surface area contributed by atoms with E-state index in [9.17, 15) is 0 Å². The van der Waals surface area contributed by atoms with Crippen molar-refractivity contribution in [1.29, 1.82) is 0 Å². The predicted molar refractivity (Wildman–Crippen MR) is 488 cm³/mol. The molecule has 0 atom stereocenters. The molecule has 0 saturated carbocycles. The van der Waals surface area contributed by atoms with Gasteiger partial charge in [-0.3, -0.25) is 0 Å². The van der Waals surface area contributed by atoms with Crippen LogP contribution in [0.1, 0.15) is 111 Å². The van der Waals surface area contributed by atoms with Crippen LogP contribution in [0.25, 0.3) is 57.2 Å². The Bertz CT molecular complexity index is 6060. The molecule has 10 heteroatoms. The van der Waals surface area contributed by atoms with E-state index in [0.29, 0.717) is 0 Å². The van der Waals surface area contributed by atoms with Crippen molar-refractivity contribution in [1.82, 2.24) is 0 Å². The van der Waals surface area contributed by atoms with Crippen LogP contribution in [0, 0.1) is 27.7 Å². The van der Waals surface area contributed by atoms with Crippen molar-refractivity contribution in [3.63, 3.8) is 0 Å². The highest BCUT2D eigenvalue weighted by Crippen LogP contribution is 2.43. The lowest BCUT2D eigenvalue weighted by molar-refractivity contribution is 0.414. The Kier molecular flexibility index (Phi) is 25.7. The standard InChI is InChI=1S/C23H20N2O2.C22H18N2.C16H14N2.2C16H14.C15H12N2/c1-26-19-11-7-16(8-12-19)22-15-17-5-3-4-6-21(17)23(22)25-24-18-9-13-20(27-2)14-10-18;1-16-11-13-17(14-12-16)21-15-18-7-5-6-10-20(18)22(21)24-23-19-8-3-2-4-9-19;1-12-6-9-14(10-7-12)17-18-16-11-8-13-4-2-3-5-15(13)16;2*1-12-6-8-13(9-7-12)16-10-14-4-2-3-5-15(14)11-16;1-2-7-13(8-3-1)16-17-15-11-10-12-6-4-5-9-14(12)15/h3-14H,15H2,1-2H3;2-14H,15H2,1H3;2-7,9-11H,8H2,1H3;2*2-10H,11H2,1H3;1-9,11H,10H2. The monoisotopic (exact) mass is 1530 g/mol. The fourth-order valence-electron chi connectivity index (χ4n) is 14.8. The number of fused-ring (bicyclic) bond motifs is 6. The number of methoxy groups -OCH3 is 2. The van der Waals surface area contributed by atoms with Gasteiger partial charge >= 0.3 is 0 Å². The van der Waals surface area contributed by atoms with E-state index in [1.54, 1.807) is 14.2 Å². The molecule has 0 spiro atoms. The largest absolute Gasteiger partial charge is 0.497 e. The van der Waals surface area contributed by atoms with Crippen molar-refractivity contribution >= 4 is 80.0 Å². The molecule has 0 unspecified atom stereocenters. The number of allylic oxidation sites excluding steroid dienone is 6. The van der Waals surface area contributed by atoms with Gasteiger partial charge in [-0.25, -0.2) is 0 Å². The minimum Gasteiger partial charge on any atom is -0.497 e. The van der Waals surface area contributed by atoms with Gasteiger partial charge in [0.1, 0.15) is 11.5 Å². The predicted octanol–water partition coefficient (Wildman–Crippen LogP) is 29.3. The highest BCUT2D eigenvalue weighted by atomic mass is 16.5. The molecule has 14 aromatic rings. The number of hydrogen-bond donors (Lipinski definition) is 0. The topological polar surface area (TPSA) is 117 Å². The van der Waals surface area contributed by atoms with Crippen LogP contribution in [-0.4, -0.2) is 14.2 Å². The molecular weight excluding hydrogens is 1440 g/mol. The van der Waals surface area contributed by atoms with Crippen molar-refractivity contribution in [2.24, 2.45) is 40.9 Å². The summed E-state index contributed by atoms with van der Waals surface area (Å²) in [6.45, 7) is 8.43. The number of benzene rings is 14. The molecule has 10 nitrogen and oxygen atoms in total. The summed E-state index contributed by atoms with van der Waals surface area (Å²) in [5.74, 6) is 1.65. The van der Waals surface area contributed by atoms with Crippen molar-refractivity contribution in [3.8, 4) is 11.5 Å². The zero-order valence-electron chi connectivity index (χ0n) is 67.4. The van der Waals surface area contributed by atoms with Gasteiger partial charge in [0, 0.05) is 35.1 Å². The lowest BCUT2D eigenvalue weighted by Crippen LogP contribution is -1.87.